The number of ether oxygens (including phenoxy) is 1. The van der Waals surface area contributed by atoms with Gasteiger partial charge in [-0.3, -0.25) is 4.79 Å². The van der Waals surface area contributed by atoms with Gasteiger partial charge in [0.1, 0.15) is 0 Å². The number of nitrogens with zero attached hydrogens (tertiary/aromatic N) is 1. The second kappa shape index (κ2) is 8.33. The van der Waals surface area contributed by atoms with Crippen molar-refractivity contribution in [2.45, 2.75) is 12.5 Å². The number of methoxy groups -OCH3 is 1. The van der Waals surface area contributed by atoms with E-state index in [4.69, 9.17) is 10.5 Å². The number of aromatic nitrogens is 1. The van der Waals surface area contributed by atoms with E-state index in [1.165, 1.54) is 11.3 Å². The van der Waals surface area contributed by atoms with E-state index in [1.54, 1.807) is 18.4 Å². The van der Waals surface area contributed by atoms with E-state index in [0.717, 1.165) is 10.6 Å². The maximum Gasteiger partial charge on any atom is 0.228 e. The van der Waals surface area contributed by atoms with Crippen molar-refractivity contribution in [3.05, 3.63) is 22.9 Å². The first kappa shape index (κ1) is 17.1. The topological polar surface area (TPSA) is 77.2 Å². The quantitative estimate of drug-likeness (QED) is 0.851. The molecule has 0 saturated heterocycles. The number of amides is 1. The Labute approximate surface area is 131 Å². The number of rotatable bonds is 6. The summed E-state index contributed by atoms with van der Waals surface area (Å²) in [6, 6.07) is 3.97. The summed E-state index contributed by atoms with van der Waals surface area (Å²) in [6.45, 7) is 0.322. The van der Waals surface area contributed by atoms with E-state index in [0.29, 0.717) is 11.7 Å². The molecular weight excluding hydrogens is 318 g/mol. The van der Waals surface area contributed by atoms with Gasteiger partial charge < -0.3 is 15.8 Å². The van der Waals surface area contributed by atoms with Crippen LogP contribution in [0.15, 0.2) is 22.9 Å². The van der Waals surface area contributed by atoms with Crippen molar-refractivity contribution < 1.29 is 9.53 Å². The number of halogens is 1. The van der Waals surface area contributed by atoms with Crippen molar-refractivity contribution in [2.24, 2.45) is 5.73 Å². The summed E-state index contributed by atoms with van der Waals surface area (Å²) in [5, 5.41) is 7.28. The Morgan fingerprint density at radius 1 is 1.55 bits per heavy atom. The molecule has 20 heavy (non-hydrogen) atoms. The molecule has 2 aromatic heterocycles. The molecule has 0 aliphatic carbocycles. The zero-order valence-electron chi connectivity index (χ0n) is 10.9. The van der Waals surface area contributed by atoms with Gasteiger partial charge in [0.05, 0.1) is 23.1 Å². The Kier molecular flexibility index (Phi) is 7.11. The molecule has 110 valence electrons. The molecule has 0 radical (unpaired) electrons. The number of thiazole rings is 1. The summed E-state index contributed by atoms with van der Waals surface area (Å²) in [7, 11) is 1.54. The van der Waals surface area contributed by atoms with Crippen LogP contribution in [0.3, 0.4) is 0 Å². The van der Waals surface area contributed by atoms with Gasteiger partial charge in [-0.25, -0.2) is 4.98 Å². The molecule has 0 aromatic carbocycles. The zero-order valence-corrected chi connectivity index (χ0v) is 13.3. The molecule has 2 heterocycles. The normalized spacial score (nSPS) is 11.7. The summed E-state index contributed by atoms with van der Waals surface area (Å²) < 4.78 is 5.07. The van der Waals surface area contributed by atoms with E-state index >= 15 is 0 Å². The lowest BCUT2D eigenvalue weighted by atomic mass is 10.2. The van der Waals surface area contributed by atoms with Gasteiger partial charge in [0.25, 0.3) is 0 Å². The van der Waals surface area contributed by atoms with Crippen molar-refractivity contribution in [1.82, 2.24) is 4.98 Å². The molecule has 1 unspecified atom stereocenters. The van der Waals surface area contributed by atoms with Crippen LogP contribution in [0.5, 0.6) is 0 Å². The number of carbonyl (C=O) groups is 1. The van der Waals surface area contributed by atoms with Crippen molar-refractivity contribution in [3.8, 4) is 10.6 Å². The molecule has 8 heteroatoms. The van der Waals surface area contributed by atoms with Crippen LogP contribution in [-0.4, -0.2) is 30.6 Å². The molecule has 2 aromatic rings. The minimum atomic E-state index is -0.253. The van der Waals surface area contributed by atoms with Crippen LogP contribution < -0.4 is 11.1 Å². The predicted octanol–water partition coefficient (Wildman–Crippen LogP) is 2.60. The first-order valence-corrected chi connectivity index (χ1v) is 7.51. The van der Waals surface area contributed by atoms with Gasteiger partial charge in [0.15, 0.2) is 5.13 Å². The summed E-state index contributed by atoms with van der Waals surface area (Å²) in [4.78, 5) is 17.2. The molecule has 5 nitrogen and oxygen atoms in total. The van der Waals surface area contributed by atoms with Gasteiger partial charge in [-0.15, -0.1) is 35.1 Å². The molecule has 1 atom stereocenters. The Balaban J connectivity index is 0.00000200. The number of carbonyl (C=O) groups excluding carboxylic acids is 1. The first-order chi connectivity index (χ1) is 9.22. The highest BCUT2D eigenvalue weighted by Crippen LogP contribution is 2.28. The Morgan fingerprint density at radius 2 is 2.35 bits per heavy atom. The average Bonchev–Trinajstić information content (AvgIpc) is 3.06. The lowest BCUT2D eigenvalue weighted by Gasteiger charge is -2.11. The highest BCUT2D eigenvalue weighted by atomic mass is 35.5. The Hall–Kier alpha value is -0.990. The van der Waals surface area contributed by atoms with Gasteiger partial charge in [0, 0.05) is 19.0 Å². The maximum absolute atomic E-state index is 11.8. The number of nitrogens with two attached hydrogens (primary N) is 1. The largest absolute Gasteiger partial charge is 0.380 e. The number of hydrogen-bond donors (Lipinski definition) is 2. The van der Waals surface area contributed by atoms with Crippen molar-refractivity contribution in [1.29, 1.82) is 0 Å². The summed E-state index contributed by atoms with van der Waals surface area (Å²) in [5.41, 5.74) is 6.36. The zero-order chi connectivity index (χ0) is 13.7. The van der Waals surface area contributed by atoms with Crippen molar-refractivity contribution in [3.63, 3.8) is 0 Å². The fourth-order valence-electron chi connectivity index (χ4n) is 1.51. The smallest absolute Gasteiger partial charge is 0.228 e. The van der Waals surface area contributed by atoms with Crippen LogP contribution >= 0.6 is 35.1 Å². The van der Waals surface area contributed by atoms with E-state index < -0.39 is 0 Å². The minimum Gasteiger partial charge on any atom is -0.380 e. The van der Waals surface area contributed by atoms with Crippen LogP contribution in [0.2, 0.25) is 0 Å². The lowest BCUT2D eigenvalue weighted by Crippen LogP contribution is -2.28. The van der Waals surface area contributed by atoms with Gasteiger partial charge in [-0.05, 0) is 11.4 Å². The molecular formula is C12H16ClN3O2S2. The Morgan fingerprint density at radius 3 is 2.95 bits per heavy atom. The molecule has 0 bridgehead atoms. The van der Waals surface area contributed by atoms with E-state index in [-0.39, 0.29) is 30.8 Å². The second-order valence-electron chi connectivity index (χ2n) is 3.86. The van der Waals surface area contributed by atoms with Crippen LogP contribution in [0.1, 0.15) is 6.42 Å². The molecule has 3 N–H and O–H groups in total. The van der Waals surface area contributed by atoms with Crippen LogP contribution in [0, 0.1) is 0 Å². The standard InChI is InChI=1S/C12H15N3O2S2.ClH/c1-17-8(6-13)5-11(16)15-12-14-9(7-19-12)10-3-2-4-18-10;/h2-4,7-8H,5-6,13H2,1H3,(H,14,15,16);1H. The van der Waals surface area contributed by atoms with E-state index in [2.05, 4.69) is 10.3 Å². The predicted molar refractivity (Wildman–Crippen MR) is 85.8 cm³/mol. The molecule has 0 spiro atoms. The van der Waals surface area contributed by atoms with Gasteiger partial charge in [-0.1, -0.05) is 6.07 Å². The number of thiophene rings is 1. The fourth-order valence-corrected chi connectivity index (χ4v) is 3.00. The lowest BCUT2D eigenvalue weighted by molar-refractivity contribution is -0.118. The molecule has 0 fully saturated rings. The average molecular weight is 334 g/mol. The van der Waals surface area contributed by atoms with Crippen LogP contribution in [0.25, 0.3) is 10.6 Å². The maximum atomic E-state index is 11.8. The molecule has 0 saturated carbocycles. The van der Waals surface area contributed by atoms with Crippen LogP contribution in [0.4, 0.5) is 5.13 Å². The van der Waals surface area contributed by atoms with Gasteiger partial charge in [0.2, 0.25) is 5.91 Å². The summed E-state index contributed by atoms with van der Waals surface area (Å²) in [5.74, 6) is -0.135. The van der Waals surface area contributed by atoms with Gasteiger partial charge in [-0.2, -0.15) is 0 Å². The van der Waals surface area contributed by atoms with Crippen LogP contribution in [-0.2, 0) is 9.53 Å². The van der Waals surface area contributed by atoms with Crippen molar-refractivity contribution in [2.75, 3.05) is 19.0 Å². The fraction of sp³-hybridized carbons (Fsp3) is 0.333. The molecule has 2 rings (SSSR count). The Bertz CT molecular complexity index is 527. The molecule has 0 aliphatic rings. The first-order valence-electron chi connectivity index (χ1n) is 5.75. The number of hydrogen-bond acceptors (Lipinski definition) is 6. The second-order valence-corrected chi connectivity index (χ2v) is 5.67. The minimum absolute atomic E-state index is 0. The van der Waals surface area contributed by atoms with Crippen molar-refractivity contribution >= 4 is 46.1 Å². The third-order valence-electron chi connectivity index (χ3n) is 2.53. The number of nitrogens with one attached hydrogen (secondary N) is 1. The summed E-state index contributed by atoms with van der Waals surface area (Å²) >= 11 is 3.03. The van der Waals surface area contributed by atoms with E-state index in [9.17, 15) is 4.79 Å². The molecule has 1 amide bonds. The SMILES string of the molecule is COC(CN)CC(=O)Nc1nc(-c2cccs2)cs1.Cl. The molecule has 0 aliphatic heterocycles. The third kappa shape index (κ3) is 4.53. The number of anilines is 1. The summed E-state index contributed by atoms with van der Waals surface area (Å²) in [6.07, 6.45) is -0.0160. The monoisotopic (exact) mass is 333 g/mol. The third-order valence-corrected chi connectivity index (χ3v) is 4.18. The van der Waals surface area contributed by atoms with E-state index in [1.807, 2.05) is 22.9 Å². The highest BCUT2D eigenvalue weighted by molar-refractivity contribution is 7.16. The highest BCUT2D eigenvalue weighted by Gasteiger charge is 2.13. The van der Waals surface area contributed by atoms with Gasteiger partial charge >= 0.3 is 0 Å².